The van der Waals surface area contributed by atoms with Crippen LogP contribution >= 0.6 is 11.8 Å². The molecule has 0 unspecified atom stereocenters. The molecule has 1 aromatic heterocycles. The number of ether oxygens (including phenoxy) is 1. The summed E-state index contributed by atoms with van der Waals surface area (Å²) in [5, 5.41) is 3.78. The Morgan fingerprint density at radius 1 is 0.962 bits per heavy atom. The Balaban J connectivity index is 0.00000124. The average molecular weight is 747 g/mol. The van der Waals surface area contributed by atoms with Gasteiger partial charge in [-0.25, -0.2) is 4.98 Å². The molecular weight excluding hydrogens is 703 g/mol. The number of rotatable bonds is 10. The highest BCUT2D eigenvalue weighted by molar-refractivity contribution is 7.99. The van der Waals surface area contributed by atoms with Gasteiger partial charge in [-0.15, -0.1) is 11.8 Å². The van der Waals surface area contributed by atoms with Crippen molar-refractivity contribution in [2.24, 2.45) is 0 Å². The van der Waals surface area contributed by atoms with Crippen LogP contribution in [0.3, 0.4) is 0 Å². The van der Waals surface area contributed by atoms with E-state index in [1.54, 1.807) is 31.0 Å². The molecule has 3 aromatic carbocycles. The molecule has 0 aliphatic carbocycles. The number of methoxy groups -OCH3 is 1. The molecule has 0 saturated carbocycles. The highest BCUT2D eigenvalue weighted by Crippen LogP contribution is 2.40. The van der Waals surface area contributed by atoms with Crippen LogP contribution in [0.1, 0.15) is 66.1 Å². The molecule has 3 heterocycles. The molecule has 4 aromatic rings. The molecule has 0 radical (unpaired) electrons. The number of benzene rings is 3. The van der Waals surface area contributed by atoms with Crippen molar-refractivity contribution in [3.63, 3.8) is 0 Å². The second-order valence-electron chi connectivity index (χ2n) is 12.9. The maximum absolute atomic E-state index is 14.4. The summed E-state index contributed by atoms with van der Waals surface area (Å²) >= 11 is 1.61. The summed E-state index contributed by atoms with van der Waals surface area (Å²) in [4.78, 5) is 25.3. The predicted octanol–water partition coefficient (Wildman–Crippen LogP) is 9.60. The number of nitrogens with one attached hydrogen (secondary N) is 1. The van der Waals surface area contributed by atoms with Crippen molar-refractivity contribution in [3.05, 3.63) is 89.0 Å². The number of amides is 1. The van der Waals surface area contributed by atoms with E-state index in [9.17, 15) is 31.1 Å². The van der Waals surface area contributed by atoms with Crippen LogP contribution in [0.5, 0.6) is 5.75 Å². The van der Waals surface area contributed by atoms with Crippen LogP contribution in [0.25, 0.3) is 22.2 Å². The van der Waals surface area contributed by atoms with Crippen molar-refractivity contribution in [3.8, 4) is 17.0 Å². The minimum absolute atomic E-state index is 0.282. The van der Waals surface area contributed by atoms with E-state index in [2.05, 4.69) is 22.0 Å². The number of fused-ring (bicyclic) bond motifs is 1. The number of likely N-dealkylation sites (tertiary alicyclic amines) is 2. The Labute approximate surface area is 304 Å². The second kappa shape index (κ2) is 18.3. The van der Waals surface area contributed by atoms with Gasteiger partial charge in [0.05, 0.1) is 34.3 Å². The number of nitrogens with zero attached hydrogens (tertiary/aromatic N) is 3. The lowest BCUT2D eigenvalue weighted by Crippen LogP contribution is -2.46. The van der Waals surface area contributed by atoms with Gasteiger partial charge >= 0.3 is 12.9 Å². The molecule has 6 rings (SSSR count). The van der Waals surface area contributed by atoms with E-state index in [-0.39, 0.29) is 5.91 Å². The van der Waals surface area contributed by atoms with Gasteiger partial charge in [-0.1, -0.05) is 55.8 Å². The van der Waals surface area contributed by atoms with Crippen molar-refractivity contribution in [2.75, 3.05) is 39.0 Å². The van der Waals surface area contributed by atoms with Crippen molar-refractivity contribution < 1.29 is 35.9 Å². The standard InChI is InChI=1S/C38H43F3N4O2S.CHF3/c1-3-48-34-22-30-32(23-33(34)47-2)43-36(27-13-10-14-28(21-27)38(39,40)41)31(35(30)37(46)42-24-26-11-6-4-7-12-26)25-44-19-15-29(16-20-44)45-17-8-5-9-18-45;2-1(3)4/h4,6-7,10-14,21-23,29H,3,5,8-9,15-20,24-25H2,1-2H3,(H,42,46);1H. The molecule has 2 fully saturated rings. The first-order chi connectivity index (χ1) is 25.0. The lowest BCUT2D eigenvalue weighted by molar-refractivity contribution is -0.137. The monoisotopic (exact) mass is 746 g/mol. The van der Waals surface area contributed by atoms with Gasteiger partial charge in [0, 0.05) is 41.7 Å². The first-order valence-corrected chi connectivity index (χ1v) is 18.5. The third kappa shape index (κ3) is 10.2. The number of thioether (sulfide) groups is 1. The fourth-order valence-corrected chi connectivity index (χ4v) is 7.85. The zero-order chi connectivity index (χ0) is 37.3. The van der Waals surface area contributed by atoms with E-state index >= 15 is 0 Å². The number of aromatic nitrogens is 1. The fraction of sp³-hybridized carbons (Fsp3) is 0.436. The van der Waals surface area contributed by atoms with Gasteiger partial charge in [0.25, 0.3) is 5.91 Å². The number of alkyl halides is 6. The molecule has 13 heteroatoms. The van der Waals surface area contributed by atoms with Gasteiger partial charge in [0.2, 0.25) is 0 Å². The predicted molar refractivity (Wildman–Crippen MR) is 194 cm³/mol. The zero-order valence-electron chi connectivity index (χ0n) is 29.3. The molecule has 2 aliphatic rings. The van der Waals surface area contributed by atoms with E-state index in [1.807, 2.05) is 36.4 Å². The average Bonchev–Trinajstić information content (AvgIpc) is 3.14. The summed E-state index contributed by atoms with van der Waals surface area (Å²) in [5.41, 5.74) is 2.49. The molecular formula is C39H44F6N4O2S. The van der Waals surface area contributed by atoms with Crippen LogP contribution in [0.4, 0.5) is 26.3 Å². The number of hydrogen-bond donors (Lipinski definition) is 1. The first-order valence-electron chi connectivity index (χ1n) is 17.5. The number of halogens is 6. The fourth-order valence-electron chi connectivity index (χ4n) is 7.05. The smallest absolute Gasteiger partial charge is 0.416 e. The number of piperidine rings is 2. The lowest BCUT2D eigenvalue weighted by atomic mass is 9.93. The van der Waals surface area contributed by atoms with Gasteiger partial charge in [0.15, 0.2) is 0 Å². The minimum atomic E-state index is -4.52. The molecule has 0 bridgehead atoms. The SMILES string of the molecule is CCSc1cc2c(C(=O)NCc3ccccc3)c(CN3CCC(N4CCCCC4)CC3)c(-c3cccc(C(F)(F)F)c3)nc2cc1OC.FC(F)F. The Bertz CT molecular complexity index is 1780. The number of carbonyl (C=O) groups is 1. The molecule has 2 aliphatic heterocycles. The van der Waals surface area contributed by atoms with Crippen molar-refractivity contribution >= 4 is 28.6 Å². The largest absolute Gasteiger partial charge is 0.496 e. The van der Waals surface area contributed by atoms with Crippen molar-refractivity contribution in [1.82, 2.24) is 20.1 Å². The van der Waals surface area contributed by atoms with Gasteiger partial charge in [-0.2, -0.15) is 26.3 Å². The maximum atomic E-state index is 14.4. The highest BCUT2D eigenvalue weighted by Gasteiger charge is 2.32. The zero-order valence-corrected chi connectivity index (χ0v) is 30.1. The van der Waals surface area contributed by atoms with E-state index in [0.29, 0.717) is 58.2 Å². The maximum Gasteiger partial charge on any atom is 0.416 e. The van der Waals surface area contributed by atoms with Crippen molar-refractivity contribution in [1.29, 1.82) is 0 Å². The second-order valence-corrected chi connectivity index (χ2v) is 14.2. The lowest BCUT2D eigenvalue weighted by Gasteiger charge is -2.40. The van der Waals surface area contributed by atoms with Crippen LogP contribution in [-0.2, 0) is 19.3 Å². The van der Waals surface area contributed by atoms with Crippen molar-refractivity contribution in [2.45, 2.75) is 75.9 Å². The van der Waals surface area contributed by atoms with Crippen LogP contribution in [-0.4, -0.2) is 72.5 Å². The Morgan fingerprint density at radius 2 is 1.65 bits per heavy atom. The third-order valence-corrected chi connectivity index (χ3v) is 10.4. The van der Waals surface area contributed by atoms with E-state index in [4.69, 9.17) is 9.72 Å². The first kappa shape index (κ1) is 39.4. The number of pyridine rings is 1. The summed E-state index contributed by atoms with van der Waals surface area (Å²) in [5.74, 6) is 1.13. The summed E-state index contributed by atoms with van der Waals surface area (Å²) in [6.45, 7) is 3.07. The van der Waals surface area contributed by atoms with Crippen LogP contribution in [0.2, 0.25) is 0 Å². The van der Waals surface area contributed by atoms with Crippen LogP contribution in [0, 0.1) is 0 Å². The Kier molecular flexibility index (Phi) is 13.9. The molecule has 0 atom stereocenters. The molecule has 2 saturated heterocycles. The number of carbonyl (C=O) groups excluding carboxylic acids is 1. The molecule has 280 valence electrons. The van der Waals surface area contributed by atoms with E-state index < -0.39 is 18.4 Å². The van der Waals surface area contributed by atoms with E-state index in [0.717, 1.165) is 67.4 Å². The number of hydrogen-bond acceptors (Lipinski definition) is 6. The summed E-state index contributed by atoms with van der Waals surface area (Å²) in [7, 11) is 1.59. The molecule has 0 spiro atoms. The van der Waals surface area contributed by atoms with Gasteiger partial charge in [-0.05, 0) is 81.4 Å². The normalized spacial score (nSPS) is 16.1. The summed E-state index contributed by atoms with van der Waals surface area (Å²) in [6, 6.07) is 19.2. The topological polar surface area (TPSA) is 57.7 Å². The molecule has 6 nitrogen and oxygen atoms in total. The van der Waals surface area contributed by atoms with Crippen LogP contribution < -0.4 is 10.1 Å². The summed E-state index contributed by atoms with van der Waals surface area (Å²) < 4.78 is 76.6. The van der Waals surface area contributed by atoms with Gasteiger partial charge < -0.3 is 15.0 Å². The minimum Gasteiger partial charge on any atom is -0.496 e. The molecule has 1 N–H and O–H groups in total. The van der Waals surface area contributed by atoms with Gasteiger partial charge in [-0.3, -0.25) is 9.69 Å². The Hall–Kier alpha value is -3.81. The summed E-state index contributed by atoms with van der Waals surface area (Å²) in [6.07, 6.45) is 1.30. The van der Waals surface area contributed by atoms with Gasteiger partial charge in [0.1, 0.15) is 5.75 Å². The quantitative estimate of drug-likeness (QED) is 0.129. The molecule has 52 heavy (non-hydrogen) atoms. The van der Waals surface area contributed by atoms with E-state index in [1.165, 1.54) is 25.3 Å². The van der Waals surface area contributed by atoms with Crippen LogP contribution in [0.15, 0.2) is 71.6 Å². The highest BCUT2D eigenvalue weighted by atomic mass is 32.2. The third-order valence-electron chi connectivity index (χ3n) is 9.50. The molecule has 1 amide bonds. The Morgan fingerprint density at radius 3 is 2.29 bits per heavy atom.